The molecule has 5 heteroatoms. The molecule has 0 spiro atoms. The second-order valence-electron chi connectivity index (χ2n) is 3.36. The Bertz CT molecular complexity index is 370. The van der Waals surface area contributed by atoms with E-state index < -0.39 is 0 Å². The van der Waals surface area contributed by atoms with E-state index in [0.717, 1.165) is 23.0 Å². The molecule has 0 unspecified atom stereocenters. The number of nitrogens with zero attached hydrogens (tertiary/aromatic N) is 2. The maximum Gasteiger partial charge on any atom is 0.410 e. The van der Waals surface area contributed by atoms with Gasteiger partial charge >= 0.3 is 6.09 Å². The summed E-state index contributed by atoms with van der Waals surface area (Å²) in [5.74, 6) is 0. The maximum absolute atomic E-state index is 11.4. The first kappa shape index (κ1) is 10.4. The van der Waals surface area contributed by atoms with Crippen LogP contribution in [0, 0.1) is 0 Å². The average Bonchev–Trinajstić information content (AvgIpc) is 2.24. The Balaban J connectivity index is 2.08. The van der Waals surface area contributed by atoms with Gasteiger partial charge in [0, 0.05) is 23.4 Å². The third-order valence-corrected chi connectivity index (χ3v) is 2.99. The zero-order chi connectivity index (χ0) is 10.7. The topological polar surface area (TPSA) is 42.4 Å². The lowest BCUT2D eigenvalue weighted by Gasteiger charge is -2.26. The second-order valence-corrected chi connectivity index (χ2v) is 4.21. The first-order valence-electron chi connectivity index (χ1n) is 4.77. The van der Waals surface area contributed by atoms with Gasteiger partial charge in [0.1, 0.15) is 0 Å². The highest BCUT2D eigenvalue weighted by atomic mass is 79.9. The minimum Gasteiger partial charge on any atom is -0.449 e. The molecule has 1 aromatic rings. The van der Waals surface area contributed by atoms with Crippen molar-refractivity contribution in [2.24, 2.45) is 0 Å². The van der Waals surface area contributed by atoms with Gasteiger partial charge in [-0.15, -0.1) is 0 Å². The van der Waals surface area contributed by atoms with Gasteiger partial charge in [-0.1, -0.05) is 0 Å². The molecular formula is C10H11BrN2O2. The molecule has 0 aromatic carbocycles. The van der Waals surface area contributed by atoms with E-state index in [9.17, 15) is 4.79 Å². The SMILES string of the molecule is O=C1OCCCN1Cc1ccncc1Br. The molecule has 0 radical (unpaired) electrons. The number of carbonyl (C=O) groups excluding carboxylic acids is 1. The van der Waals surface area contributed by atoms with Gasteiger partial charge in [0.15, 0.2) is 0 Å². The number of aromatic nitrogens is 1. The molecule has 80 valence electrons. The lowest BCUT2D eigenvalue weighted by atomic mass is 10.2. The summed E-state index contributed by atoms with van der Waals surface area (Å²) in [4.78, 5) is 17.1. The van der Waals surface area contributed by atoms with Crippen LogP contribution >= 0.6 is 15.9 Å². The first-order valence-corrected chi connectivity index (χ1v) is 5.57. The average molecular weight is 271 g/mol. The van der Waals surface area contributed by atoms with Crippen LogP contribution in [-0.4, -0.2) is 29.1 Å². The minimum atomic E-state index is -0.232. The van der Waals surface area contributed by atoms with Crippen LogP contribution in [0.25, 0.3) is 0 Å². The Morgan fingerprint density at radius 3 is 3.20 bits per heavy atom. The molecule has 1 fully saturated rings. The maximum atomic E-state index is 11.4. The van der Waals surface area contributed by atoms with E-state index in [1.807, 2.05) is 6.07 Å². The summed E-state index contributed by atoms with van der Waals surface area (Å²) in [5.41, 5.74) is 1.05. The van der Waals surface area contributed by atoms with Crippen molar-refractivity contribution in [3.63, 3.8) is 0 Å². The normalized spacial score (nSPS) is 16.3. The van der Waals surface area contributed by atoms with Crippen molar-refractivity contribution in [2.45, 2.75) is 13.0 Å². The van der Waals surface area contributed by atoms with Gasteiger partial charge in [-0.25, -0.2) is 4.79 Å². The monoisotopic (exact) mass is 270 g/mol. The number of carbonyl (C=O) groups is 1. The Labute approximate surface area is 96.4 Å². The Morgan fingerprint density at radius 1 is 1.60 bits per heavy atom. The van der Waals surface area contributed by atoms with Gasteiger partial charge in [-0.2, -0.15) is 0 Å². The molecule has 2 rings (SSSR count). The fourth-order valence-corrected chi connectivity index (χ4v) is 1.85. The molecule has 1 saturated heterocycles. The van der Waals surface area contributed by atoms with Gasteiger partial charge in [0.05, 0.1) is 13.2 Å². The third-order valence-electron chi connectivity index (χ3n) is 2.27. The summed E-state index contributed by atoms with van der Waals surface area (Å²) in [6.07, 6.45) is 4.11. The lowest BCUT2D eigenvalue weighted by Crippen LogP contribution is -2.37. The van der Waals surface area contributed by atoms with Gasteiger partial charge in [0.2, 0.25) is 0 Å². The molecule has 0 aliphatic carbocycles. The van der Waals surface area contributed by atoms with E-state index in [1.165, 1.54) is 0 Å². The third kappa shape index (κ3) is 2.47. The van der Waals surface area contributed by atoms with Crippen LogP contribution in [-0.2, 0) is 11.3 Å². The van der Waals surface area contributed by atoms with Crippen LogP contribution in [0.1, 0.15) is 12.0 Å². The fourth-order valence-electron chi connectivity index (χ4n) is 1.48. The lowest BCUT2D eigenvalue weighted by molar-refractivity contribution is 0.0699. The zero-order valence-electron chi connectivity index (χ0n) is 8.15. The standard InChI is InChI=1S/C10H11BrN2O2/c11-9-6-12-3-2-8(9)7-13-4-1-5-15-10(13)14/h2-3,6H,1,4-5,7H2. The number of cyclic esters (lactones) is 1. The van der Waals surface area contributed by atoms with Gasteiger partial charge in [-0.3, -0.25) is 4.98 Å². The highest BCUT2D eigenvalue weighted by Gasteiger charge is 2.20. The summed E-state index contributed by atoms with van der Waals surface area (Å²) in [6.45, 7) is 1.86. The van der Waals surface area contributed by atoms with Gasteiger partial charge in [-0.05, 0) is 34.0 Å². The molecular weight excluding hydrogens is 260 g/mol. The molecule has 1 amide bonds. The van der Waals surface area contributed by atoms with Crippen molar-refractivity contribution in [3.8, 4) is 0 Å². The van der Waals surface area contributed by atoms with Crippen LogP contribution in [0.4, 0.5) is 4.79 Å². The quantitative estimate of drug-likeness (QED) is 0.828. The molecule has 1 aliphatic heterocycles. The number of hydrogen-bond donors (Lipinski definition) is 0. The zero-order valence-corrected chi connectivity index (χ0v) is 9.74. The minimum absolute atomic E-state index is 0.232. The van der Waals surface area contributed by atoms with Crippen LogP contribution < -0.4 is 0 Å². The van der Waals surface area contributed by atoms with Crippen molar-refractivity contribution in [1.29, 1.82) is 0 Å². The Hall–Kier alpha value is -1.10. The fraction of sp³-hybridized carbons (Fsp3) is 0.400. The van der Waals surface area contributed by atoms with Crippen molar-refractivity contribution in [1.82, 2.24) is 9.88 Å². The number of halogens is 1. The van der Waals surface area contributed by atoms with Crippen molar-refractivity contribution < 1.29 is 9.53 Å². The van der Waals surface area contributed by atoms with E-state index in [0.29, 0.717) is 13.2 Å². The highest BCUT2D eigenvalue weighted by Crippen LogP contribution is 2.18. The predicted octanol–water partition coefficient (Wildman–Crippen LogP) is 2.19. The Morgan fingerprint density at radius 2 is 2.47 bits per heavy atom. The number of hydrogen-bond acceptors (Lipinski definition) is 3. The number of amides is 1. The summed E-state index contributed by atoms with van der Waals surface area (Å²) in [7, 11) is 0. The van der Waals surface area contributed by atoms with Crippen LogP contribution in [0.3, 0.4) is 0 Å². The van der Waals surface area contributed by atoms with E-state index in [4.69, 9.17) is 4.74 Å². The molecule has 4 nitrogen and oxygen atoms in total. The molecule has 2 heterocycles. The molecule has 0 saturated carbocycles. The molecule has 0 N–H and O–H groups in total. The van der Waals surface area contributed by atoms with E-state index >= 15 is 0 Å². The predicted molar refractivity (Wildman–Crippen MR) is 58.3 cm³/mol. The number of pyridine rings is 1. The number of ether oxygens (including phenoxy) is 1. The van der Waals surface area contributed by atoms with E-state index in [1.54, 1.807) is 17.3 Å². The van der Waals surface area contributed by atoms with Crippen molar-refractivity contribution in [3.05, 3.63) is 28.5 Å². The van der Waals surface area contributed by atoms with Crippen LogP contribution in [0.5, 0.6) is 0 Å². The molecule has 1 aromatic heterocycles. The van der Waals surface area contributed by atoms with Crippen molar-refractivity contribution in [2.75, 3.05) is 13.2 Å². The van der Waals surface area contributed by atoms with E-state index in [-0.39, 0.29) is 6.09 Å². The molecule has 0 bridgehead atoms. The second kappa shape index (κ2) is 4.61. The number of rotatable bonds is 2. The highest BCUT2D eigenvalue weighted by molar-refractivity contribution is 9.10. The summed E-state index contributed by atoms with van der Waals surface area (Å²) in [5, 5.41) is 0. The van der Waals surface area contributed by atoms with Crippen LogP contribution in [0.15, 0.2) is 22.9 Å². The first-order chi connectivity index (χ1) is 7.27. The van der Waals surface area contributed by atoms with Crippen molar-refractivity contribution >= 4 is 22.0 Å². The smallest absolute Gasteiger partial charge is 0.410 e. The summed E-state index contributed by atoms with van der Waals surface area (Å²) >= 11 is 3.40. The molecule has 1 aliphatic rings. The van der Waals surface area contributed by atoms with Crippen LogP contribution in [0.2, 0.25) is 0 Å². The largest absolute Gasteiger partial charge is 0.449 e. The summed E-state index contributed by atoms with van der Waals surface area (Å²) in [6, 6.07) is 1.89. The van der Waals surface area contributed by atoms with Gasteiger partial charge < -0.3 is 9.64 Å². The molecule has 15 heavy (non-hydrogen) atoms. The van der Waals surface area contributed by atoms with E-state index in [2.05, 4.69) is 20.9 Å². The Kier molecular flexibility index (Phi) is 3.20. The van der Waals surface area contributed by atoms with Gasteiger partial charge in [0.25, 0.3) is 0 Å². The summed E-state index contributed by atoms with van der Waals surface area (Å²) < 4.78 is 5.88. The molecule has 0 atom stereocenters.